The number of furan rings is 1. The van der Waals surface area contributed by atoms with Gasteiger partial charge in [-0.15, -0.1) is 0 Å². The molecule has 0 bridgehead atoms. The number of hydrogen-bond donors (Lipinski definition) is 0. The van der Waals surface area contributed by atoms with Gasteiger partial charge in [0.25, 0.3) is 10.0 Å². The van der Waals surface area contributed by atoms with Crippen molar-refractivity contribution >= 4 is 21.7 Å². The van der Waals surface area contributed by atoms with Gasteiger partial charge in [-0.05, 0) is 49.4 Å². The molecule has 2 aromatic rings. The molecule has 0 aliphatic carbocycles. The largest absolute Gasteiger partial charge is 0.497 e. The summed E-state index contributed by atoms with van der Waals surface area (Å²) >= 11 is 0. The smallest absolute Gasteiger partial charge is 0.270 e. The van der Waals surface area contributed by atoms with E-state index in [9.17, 15) is 18.0 Å². The van der Waals surface area contributed by atoms with E-state index in [0.717, 1.165) is 0 Å². The van der Waals surface area contributed by atoms with Crippen LogP contribution in [0.1, 0.15) is 23.9 Å². The molecule has 29 heavy (non-hydrogen) atoms. The molecule has 8 nitrogen and oxygen atoms in total. The van der Waals surface area contributed by atoms with Gasteiger partial charge < -0.3 is 13.9 Å². The van der Waals surface area contributed by atoms with Gasteiger partial charge in [0.2, 0.25) is 5.91 Å². The predicted octanol–water partition coefficient (Wildman–Crippen LogP) is 2.63. The van der Waals surface area contributed by atoms with Gasteiger partial charge in [-0.1, -0.05) is 0 Å². The minimum atomic E-state index is -4.15. The van der Waals surface area contributed by atoms with Gasteiger partial charge in [-0.2, -0.15) is 0 Å². The number of ketones is 1. The van der Waals surface area contributed by atoms with Crippen LogP contribution in [0.4, 0.5) is 0 Å². The zero-order valence-corrected chi connectivity index (χ0v) is 16.8. The molecule has 0 spiro atoms. The standard InChI is InChI=1S/C20H21NO7S/c1-3-27-18-10-11-21(29(24,25)15-8-6-14(26-2)7-9-15)20(23)16(18)13-17(22)19-5-4-12-28-19/h4-12,16,18H,3,13H2,1-2H3/t16-,18-/m0/s1. The lowest BCUT2D eigenvalue weighted by Gasteiger charge is -2.32. The number of carbonyl (C=O) groups excluding carboxylic acids is 2. The van der Waals surface area contributed by atoms with Crippen LogP contribution in [0.2, 0.25) is 0 Å². The Morgan fingerprint density at radius 1 is 1.21 bits per heavy atom. The summed E-state index contributed by atoms with van der Waals surface area (Å²) in [5.41, 5.74) is 0. The highest BCUT2D eigenvalue weighted by molar-refractivity contribution is 7.89. The highest BCUT2D eigenvalue weighted by Crippen LogP contribution is 2.29. The van der Waals surface area contributed by atoms with E-state index in [1.165, 1.54) is 56.0 Å². The minimum absolute atomic E-state index is 0.0673. The molecule has 154 valence electrons. The van der Waals surface area contributed by atoms with Crippen molar-refractivity contribution in [2.24, 2.45) is 5.92 Å². The third-order valence-corrected chi connectivity index (χ3v) is 6.21. The van der Waals surface area contributed by atoms with Gasteiger partial charge in [0.05, 0.1) is 30.3 Å². The highest BCUT2D eigenvalue weighted by atomic mass is 32.2. The maximum Gasteiger partial charge on any atom is 0.270 e. The number of Topliss-reactive ketones (excluding diaryl/α,β-unsaturated/α-hetero) is 1. The van der Waals surface area contributed by atoms with Gasteiger partial charge in [0.15, 0.2) is 11.5 Å². The third-order valence-electron chi connectivity index (χ3n) is 4.52. The number of nitrogens with zero attached hydrogens (tertiary/aromatic N) is 1. The molecule has 1 amide bonds. The van der Waals surface area contributed by atoms with Gasteiger partial charge in [0.1, 0.15) is 5.75 Å². The summed E-state index contributed by atoms with van der Waals surface area (Å²) in [6, 6.07) is 8.75. The molecule has 0 unspecified atom stereocenters. The lowest BCUT2D eigenvalue weighted by Crippen LogP contribution is -2.46. The Bertz CT molecular complexity index is 994. The Morgan fingerprint density at radius 3 is 2.52 bits per heavy atom. The predicted molar refractivity (Wildman–Crippen MR) is 103 cm³/mol. The number of rotatable bonds is 8. The van der Waals surface area contributed by atoms with Crippen molar-refractivity contribution in [3.8, 4) is 5.75 Å². The van der Waals surface area contributed by atoms with E-state index in [-0.39, 0.29) is 17.1 Å². The molecular formula is C20H21NO7S. The molecule has 1 aliphatic heterocycles. The number of methoxy groups -OCH3 is 1. The summed E-state index contributed by atoms with van der Waals surface area (Å²) in [5, 5.41) is 0. The van der Waals surface area contributed by atoms with Crippen LogP contribution in [0.15, 0.2) is 64.2 Å². The summed E-state index contributed by atoms with van der Waals surface area (Å²) in [6.45, 7) is 2.06. The van der Waals surface area contributed by atoms with E-state index in [4.69, 9.17) is 13.9 Å². The minimum Gasteiger partial charge on any atom is -0.497 e. The van der Waals surface area contributed by atoms with Gasteiger partial charge >= 0.3 is 0 Å². The average molecular weight is 419 g/mol. The second-order valence-corrected chi connectivity index (χ2v) is 8.10. The Hall–Kier alpha value is -2.91. The van der Waals surface area contributed by atoms with Crippen LogP contribution >= 0.6 is 0 Å². The maximum atomic E-state index is 13.1. The van der Waals surface area contributed by atoms with E-state index in [0.29, 0.717) is 16.7 Å². The Balaban J connectivity index is 1.90. The summed E-state index contributed by atoms with van der Waals surface area (Å²) in [5.74, 6) is -1.54. The first-order valence-corrected chi connectivity index (χ1v) is 10.4. The van der Waals surface area contributed by atoms with Crippen molar-refractivity contribution in [2.45, 2.75) is 24.3 Å². The maximum absolute atomic E-state index is 13.1. The molecule has 2 heterocycles. The van der Waals surface area contributed by atoms with Crippen LogP contribution in [0, 0.1) is 5.92 Å². The van der Waals surface area contributed by atoms with Crippen LogP contribution in [0.25, 0.3) is 0 Å². The van der Waals surface area contributed by atoms with E-state index in [1.54, 1.807) is 13.0 Å². The van der Waals surface area contributed by atoms with E-state index >= 15 is 0 Å². The number of hydrogen-bond acceptors (Lipinski definition) is 7. The van der Waals surface area contributed by atoms with Crippen LogP contribution in [-0.2, 0) is 19.6 Å². The van der Waals surface area contributed by atoms with Crippen molar-refractivity contribution in [2.75, 3.05) is 13.7 Å². The van der Waals surface area contributed by atoms with Crippen LogP contribution in [0.5, 0.6) is 5.75 Å². The lowest BCUT2D eigenvalue weighted by atomic mass is 9.92. The summed E-state index contributed by atoms with van der Waals surface area (Å²) < 4.78 is 42.3. The van der Waals surface area contributed by atoms with Gasteiger partial charge in [-0.25, -0.2) is 12.7 Å². The van der Waals surface area contributed by atoms with Crippen molar-refractivity contribution in [1.29, 1.82) is 0 Å². The molecule has 0 fully saturated rings. The Labute approximate surface area is 168 Å². The van der Waals surface area contributed by atoms with Crippen LogP contribution in [0.3, 0.4) is 0 Å². The molecule has 1 aromatic carbocycles. The van der Waals surface area contributed by atoms with E-state index in [1.807, 2.05) is 0 Å². The number of amides is 1. The summed E-state index contributed by atoms with van der Waals surface area (Å²) in [4.78, 5) is 25.5. The first-order chi connectivity index (χ1) is 13.9. The lowest BCUT2D eigenvalue weighted by molar-refractivity contribution is -0.134. The first-order valence-electron chi connectivity index (χ1n) is 8.97. The Morgan fingerprint density at radius 2 is 1.93 bits per heavy atom. The number of benzene rings is 1. The fourth-order valence-electron chi connectivity index (χ4n) is 3.04. The van der Waals surface area contributed by atoms with Gasteiger partial charge in [0, 0.05) is 19.2 Å². The molecule has 1 aliphatic rings. The zero-order chi connectivity index (χ0) is 21.0. The van der Waals surface area contributed by atoms with E-state index < -0.39 is 33.7 Å². The SMILES string of the molecule is CCO[C@H]1C=CN(S(=O)(=O)c2ccc(OC)cc2)C(=O)[C@H]1CC(=O)c1ccco1. The fraction of sp³-hybridized carbons (Fsp3) is 0.300. The van der Waals surface area contributed by atoms with Crippen LogP contribution in [-0.4, -0.2) is 44.2 Å². The number of sulfonamides is 1. The Kier molecular flexibility index (Phi) is 6.19. The highest BCUT2D eigenvalue weighted by Gasteiger charge is 2.41. The topological polar surface area (TPSA) is 103 Å². The molecular weight excluding hydrogens is 398 g/mol. The molecule has 0 radical (unpaired) electrons. The quantitative estimate of drug-likeness (QED) is 0.606. The van der Waals surface area contributed by atoms with Crippen molar-refractivity contribution in [3.05, 3.63) is 60.7 Å². The zero-order valence-electron chi connectivity index (χ0n) is 16.0. The van der Waals surface area contributed by atoms with Crippen LogP contribution < -0.4 is 4.74 Å². The summed E-state index contributed by atoms with van der Waals surface area (Å²) in [6.07, 6.45) is 3.06. The fourth-order valence-corrected chi connectivity index (χ4v) is 4.35. The number of ether oxygens (including phenoxy) is 2. The molecule has 0 saturated carbocycles. The second kappa shape index (κ2) is 8.62. The molecule has 3 rings (SSSR count). The first kappa shape index (κ1) is 20.8. The monoisotopic (exact) mass is 419 g/mol. The summed E-state index contributed by atoms with van der Waals surface area (Å²) in [7, 11) is -2.68. The average Bonchev–Trinajstić information content (AvgIpc) is 3.25. The normalized spacial score (nSPS) is 19.4. The molecule has 0 saturated heterocycles. The number of carbonyl (C=O) groups is 2. The van der Waals surface area contributed by atoms with Crippen molar-refractivity contribution in [1.82, 2.24) is 4.31 Å². The second-order valence-electron chi connectivity index (χ2n) is 6.29. The van der Waals surface area contributed by atoms with Gasteiger partial charge in [-0.3, -0.25) is 9.59 Å². The third kappa shape index (κ3) is 4.25. The van der Waals surface area contributed by atoms with E-state index in [2.05, 4.69) is 0 Å². The molecule has 2 atom stereocenters. The molecule has 0 N–H and O–H groups in total. The molecule has 1 aromatic heterocycles. The molecule has 9 heteroatoms. The van der Waals surface area contributed by atoms with Crippen molar-refractivity contribution in [3.63, 3.8) is 0 Å². The van der Waals surface area contributed by atoms with Crippen molar-refractivity contribution < 1.29 is 31.9 Å².